The quantitative estimate of drug-likeness (QED) is 0.576. The van der Waals surface area contributed by atoms with Gasteiger partial charge in [0.25, 0.3) is 0 Å². The minimum Gasteiger partial charge on any atom is -0.397 e. The van der Waals surface area contributed by atoms with Crippen LogP contribution in [0.5, 0.6) is 0 Å². The van der Waals surface area contributed by atoms with Crippen LogP contribution in [0.25, 0.3) is 5.70 Å². The Hall–Kier alpha value is -2.34. The second-order valence-electron chi connectivity index (χ2n) is 7.38. The second kappa shape index (κ2) is 8.99. The van der Waals surface area contributed by atoms with E-state index in [4.69, 9.17) is 18.0 Å². The lowest BCUT2D eigenvalue weighted by Gasteiger charge is -2.23. The van der Waals surface area contributed by atoms with Crippen LogP contribution in [0.2, 0.25) is 0 Å². The van der Waals surface area contributed by atoms with Gasteiger partial charge >= 0.3 is 0 Å². The minimum absolute atomic E-state index is 0.0752. The highest BCUT2D eigenvalue weighted by Gasteiger charge is 2.27. The van der Waals surface area contributed by atoms with Crippen molar-refractivity contribution >= 4 is 40.1 Å². The molecule has 1 atom stereocenters. The zero-order chi connectivity index (χ0) is 20.2. The molecule has 1 aliphatic heterocycles. The summed E-state index contributed by atoms with van der Waals surface area (Å²) in [6.45, 7) is 3.75. The van der Waals surface area contributed by atoms with Crippen LogP contribution in [0.15, 0.2) is 23.7 Å². The number of hydrogen-bond acceptors (Lipinski definition) is 8. The first-order chi connectivity index (χ1) is 14.2. The van der Waals surface area contributed by atoms with Crippen molar-refractivity contribution in [2.75, 3.05) is 31.1 Å². The predicted octanol–water partition coefficient (Wildman–Crippen LogP) is 3.00. The highest BCUT2D eigenvalue weighted by molar-refractivity contribution is 7.80. The zero-order valence-corrected chi connectivity index (χ0v) is 17.9. The van der Waals surface area contributed by atoms with Crippen LogP contribution in [-0.4, -0.2) is 41.0 Å². The van der Waals surface area contributed by atoms with Crippen LogP contribution in [0.1, 0.15) is 46.9 Å². The van der Waals surface area contributed by atoms with E-state index in [9.17, 15) is 5.26 Å². The number of thiocarbonyl (C=S) groups is 1. The lowest BCUT2D eigenvalue weighted by atomic mass is 9.83. The van der Waals surface area contributed by atoms with E-state index in [2.05, 4.69) is 26.3 Å². The summed E-state index contributed by atoms with van der Waals surface area (Å²) in [4.78, 5) is 13.4. The standard InChI is InChI=1S/C21H24N6S2/c22-12-14-13-29-19-4-1-3-15(20(14)19)18(28)11-16(23)17-5-7-25-21(26-17)27-9-2-6-24-8-10-27/h5,7,11,13,15,24H,1-4,6,8-10,23H2/b16-11-/t15-/m1/s1. The predicted molar refractivity (Wildman–Crippen MR) is 121 cm³/mol. The Kier molecular flexibility index (Phi) is 6.19. The highest BCUT2D eigenvalue weighted by atomic mass is 32.1. The first kappa shape index (κ1) is 20.0. The number of anilines is 1. The average molecular weight is 425 g/mol. The SMILES string of the molecule is N#Cc1csc2c1[C@@H](C(=S)/C=C(\N)c1ccnc(N3CCCNCC3)n1)CCC2. The molecule has 0 radical (unpaired) electrons. The Morgan fingerprint density at radius 2 is 2.28 bits per heavy atom. The van der Waals surface area contributed by atoms with Crippen LogP contribution >= 0.6 is 23.6 Å². The van der Waals surface area contributed by atoms with Crippen molar-refractivity contribution in [2.45, 2.75) is 31.6 Å². The van der Waals surface area contributed by atoms with E-state index in [-0.39, 0.29) is 5.92 Å². The number of thiophene rings is 1. The maximum Gasteiger partial charge on any atom is 0.225 e. The molecule has 0 bridgehead atoms. The molecule has 0 amide bonds. The molecule has 0 aromatic carbocycles. The molecule has 150 valence electrons. The van der Waals surface area contributed by atoms with Gasteiger partial charge in [-0.3, -0.25) is 0 Å². The lowest BCUT2D eigenvalue weighted by molar-refractivity contribution is 0.664. The van der Waals surface area contributed by atoms with E-state index in [0.29, 0.717) is 17.3 Å². The maximum atomic E-state index is 9.46. The molecule has 4 rings (SSSR count). The van der Waals surface area contributed by atoms with Gasteiger partial charge in [0.1, 0.15) is 6.07 Å². The molecule has 0 spiro atoms. The van der Waals surface area contributed by atoms with Gasteiger partial charge in [-0.15, -0.1) is 11.3 Å². The number of aromatic nitrogens is 2. The van der Waals surface area contributed by atoms with Crippen molar-refractivity contribution < 1.29 is 0 Å². The Morgan fingerprint density at radius 3 is 3.14 bits per heavy atom. The fraction of sp³-hybridized carbons (Fsp3) is 0.429. The maximum absolute atomic E-state index is 9.46. The fourth-order valence-corrected chi connectivity index (χ4v) is 5.44. The summed E-state index contributed by atoms with van der Waals surface area (Å²) in [7, 11) is 0. The molecule has 1 fully saturated rings. The van der Waals surface area contributed by atoms with Gasteiger partial charge in [0.2, 0.25) is 5.95 Å². The topological polar surface area (TPSA) is 90.9 Å². The minimum atomic E-state index is 0.0752. The summed E-state index contributed by atoms with van der Waals surface area (Å²) in [5.74, 6) is 0.782. The van der Waals surface area contributed by atoms with E-state index in [0.717, 1.165) is 67.9 Å². The van der Waals surface area contributed by atoms with Crippen molar-refractivity contribution in [2.24, 2.45) is 5.73 Å². The summed E-state index contributed by atoms with van der Waals surface area (Å²) in [6, 6.07) is 4.15. The third-order valence-electron chi connectivity index (χ3n) is 5.48. The van der Waals surface area contributed by atoms with Crippen molar-refractivity contribution in [3.63, 3.8) is 0 Å². The number of hydrogen-bond donors (Lipinski definition) is 2. The molecule has 0 unspecified atom stereocenters. The van der Waals surface area contributed by atoms with Gasteiger partial charge in [-0.05, 0) is 49.9 Å². The van der Waals surface area contributed by atoms with Crippen molar-refractivity contribution in [1.29, 1.82) is 5.26 Å². The molecule has 2 aromatic rings. The van der Waals surface area contributed by atoms with Gasteiger partial charge in [0.05, 0.1) is 17.0 Å². The molecule has 2 aliphatic rings. The third kappa shape index (κ3) is 4.32. The number of fused-ring (bicyclic) bond motifs is 1. The lowest BCUT2D eigenvalue weighted by Crippen LogP contribution is -2.29. The Morgan fingerprint density at radius 1 is 1.38 bits per heavy atom. The molecule has 6 nitrogen and oxygen atoms in total. The Labute approximate surface area is 180 Å². The van der Waals surface area contributed by atoms with Crippen molar-refractivity contribution in [3.8, 4) is 6.07 Å². The second-order valence-corrected chi connectivity index (χ2v) is 8.81. The van der Waals surface area contributed by atoms with Crippen LogP contribution in [0.4, 0.5) is 5.95 Å². The van der Waals surface area contributed by atoms with Gasteiger partial charge in [-0.1, -0.05) is 12.2 Å². The summed E-state index contributed by atoms with van der Waals surface area (Å²) in [5.41, 5.74) is 9.49. The van der Waals surface area contributed by atoms with Crippen LogP contribution < -0.4 is 16.0 Å². The first-order valence-electron chi connectivity index (χ1n) is 9.98. The van der Waals surface area contributed by atoms with Gasteiger partial charge in [-0.25, -0.2) is 9.97 Å². The fourth-order valence-electron chi connectivity index (χ4n) is 4.00. The van der Waals surface area contributed by atoms with E-state index in [1.54, 1.807) is 17.5 Å². The molecule has 3 heterocycles. The molecular formula is C21H24N6S2. The van der Waals surface area contributed by atoms with Crippen molar-refractivity contribution in [3.05, 3.63) is 45.4 Å². The third-order valence-corrected chi connectivity index (χ3v) is 6.94. The number of allylic oxidation sites excluding steroid dienone is 1. The summed E-state index contributed by atoms with van der Waals surface area (Å²) < 4.78 is 0. The monoisotopic (exact) mass is 424 g/mol. The Balaban J connectivity index is 1.57. The van der Waals surface area contributed by atoms with Crippen molar-refractivity contribution in [1.82, 2.24) is 15.3 Å². The number of nitrogens with zero attached hydrogens (tertiary/aromatic N) is 4. The van der Waals surface area contributed by atoms with Gasteiger partial charge in [-0.2, -0.15) is 5.26 Å². The zero-order valence-electron chi connectivity index (χ0n) is 16.2. The number of nitrogens with two attached hydrogens (primary N) is 1. The van der Waals surface area contributed by atoms with Gasteiger partial charge in [0.15, 0.2) is 0 Å². The molecule has 1 saturated heterocycles. The smallest absolute Gasteiger partial charge is 0.225 e. The summed E-state index contributed by atoms with van der Waals surface area (Å²) >= 11 is 7.42. The summed E-state index contributed by atoms with van der Waals surface area (Å²) in [5, 5.41) is 14.8. The van der Waals surface area contributed by atoms with E-state index in [1.807, 2.05) is 17.5 Å². The van der Waals surface area contributed by atoms with Crippen LogP contribution in [0.3, 0.4) is 0 Å². The van der Waals surface area contributed by atoms with Crippen LogP contribution in [-0.2, 0) is 6.42 Å². The number of nitriles is 1. The number of rotatable bonds is 4. The van der Waals surface area contributed by atoms with Crippen LogP contribution in [0, 0.1) is 11.3 Å². The van der Waals surface area contributed by atoms with E-state index in [1.165, 1.54) is 4.88 Å². The Bertz CT molecular complexity index is 966. The van der Waals surface area contributed by atoms with E-state index < -0.39 is 0 Å². The molecule has 1 aliphatic carbocycles. The molecular weight excluding hydrogens is 400 g/mol. The van der Waals surface area contributed by atoms with Gasteiger partial charge < -0.3 is 16.0 Å². The highest BCUT2D eigenvalue weighted by Crippen LogP contribution is 2.39. The molecule has 29 heavy (non-hydrogen) atoms. The molecule has 2 aromatic heterocycles. The molecule has 3 N–H and O–H groups in total. The molecule has 0 saturated carbocycles. The number of nitrogens with one attached hydrogen (secondary N) is 1. The normalized spacial score (nSPS) is 19.9. The average Bonchev–Trinajstić information content (AvgIpc) is 2.98. The van der Waals surface area contributed by atoms with Gasteiger partial charge in [0, 0.05) is 46.9 Å². The summed E-state index contributed by atoms with van der Waals surface area (Å²) in [6.07, 6.45) is 7.73. The first-order valence-corrected chi connectivity index (χ1v) is 11.3. The largest absolute Gasteiger partial charge is 0.397 e. The number of aryl methyl sites for hydroxylation is 1. The van der Waals surface area contributed by atoms with E-state index >= 15 is 0 Å². The molecule has 8 heteroatoms.